The van der Waals surface area contributed by atoms with Gasteiger partial charge in [0.1, 0.15) is 24.1 Å². The third-order valence-electron chi connectivity index (χ3n) is 7.80. The quantitative estimate of drug-likeness (QED) is 0.352. The fourth-order valence-electron chi connectivity index (χ4n) is 5.55. The van der Waals surface area contributed by atoms with Gasteiger partial charge in [0.25, 0.3) is 0 Å². The lowest BCUT2D eigenvalue weighted by Crippen LogP contribution is -2.36. The van der Waals surface area contributed by atoms with E-state index in [1.807, 2.05) is 64.2 Å². The van der Waals surface area contributed by atoms with Crippen LogP contribution in [0.3, 0.4) is 0 Å². The van der Waals surface area contributed by atoms with Crippen molar-refractivity contribution in [3.05, 3.63) is 82.2 Å². The van der Waals surface area contributed by atoms with Crippen LogP contribution in [0.25, 0.3) is 0 Å². The summed E-state index contributed by atoms with van der Waals surface area (Å²) in [5, 5.41) is 10.9. The van der Waals surface area contributed by atoms with Gasteiger partial charge in [0.15, 0.2) is 0 Å². The number of aliphatic hydroxyl groups is 1. The van der Waals surface area contributed by atoms with Gasteiger partial charge in [-0.2, -0.15) is 0 Å². The van der Waals surface area contributed by atoms with Gasteiger partial charge in [-0.15, -0.1) is 0 Å². The lowest BCUT2D eigenvalue weighted by Gasteiger charge is -2.30. The molecule has 2 heterocycles. The number of esters is 1. The predicted octanol–water partition coefficient (Wildman–Crippen LogP) is 7.81. The fraction of sp³-hybridized carbons (Fsp3) is 0.571. The van der Waals surface area contributed by atoms with Gasteiger partial charge in [-0.25, -0.2) is 4.79 Å². The molecule has 5 nitrogen and oxygen atoms in total. The predicted molar refractivity (Wildman–Crippen MR) is 165 cm³/mol. The molecule has 1 unspecified atom stereocenters. The van der Waals surface area contributed by atoms with Crippen LogP contribution in [-0.4, -0.2) is 42.6 Å². The largest absolute Gasteiger partial charge is 0.486 e. The molecule has 0 amide bonds. The minimum atomic E-state index is -0.556. The third-order valence-corrected chi connectivity index (χ3v) is 7.80. The fourth-order valence-corrected chi connectivity index (χ4v) is 5.55. The number of carbonyl (C=O) groups is 1. The van der Waals surface area contributed by atoms with Crippen LogP contribution in [0, 0.1) is 23.7 Å². The SMILES string of the molecule is CO[C@H]1C=CC=C(C)C[C@H](C)[C@H](O)[C@H](C)C=C(C)C=C(C)C(=O)O[C@@H]1[C@@H](C)/C=C(\C)C1=CC=C(C)C(C(C)C)O1. The molecule has 5 heteroatoms. The smallest absolute Gasteiger partial charge is 0.334 e. The van der Waals surface area contributed by atoms with E-state index in [0.29, 0.717) is 11.5 Å². The van der Waals surface area contributed by atoms with Crippen LogP contribution in [0.2, 0.25) is 0 Å². The van der Waals surface area contributed by atoms with Crippen molar-refractivity contribution in [1.82, 2.24) is 0 Å². The van der Waals surface area contributed by atoms with Crippen LogP contribution < -0.4 is 0 Å². The number of aliphatic hydroxyl groups excluding tert-OH is 1. The molecule has 0 aromatic carbocycles. The summed E-state index contributed by atoms with van der Waals surface area (Å²) >= 11 is 0. The molecule has 1 N–H and O–H groups in total. The van der Waals surface area contributed by atoms with Crippen LogP contribution in [0.4, 0.5) is 0 Å². The van der Waals surface area contributed by atoms with Crippen molar-refractivity contribution < 1.29 is 24.1 Å². The second-order valence-corrected chi connectivity index (χ2v) is 12.2. The number of rotatable bonds is 5. The van der Waals surface area contributed by atoms with Gasteiger partial charge < -0.3 is 19.3 Å². The number of hydrogen-bond donors (Lipinski definition) is 1. The lowest BCUT2D eigenvalue weighted by molar-refractivity contribution is -0.152. The lowest BCUT2D eigenvalue weighted by atomic mass is 9.87. The molecule has 7 atom stereocenters. The molecule has 2 rings (SSSR count). The minimum absolute atomic E-state index is 0.0411. The normalized spacial score (nSPS) is 30.4. The molecular formula is C35H52O5. The van der Waals surface area contributed by atoms with E-state index < -0.39 is 24.3 Å². The molecule has 2 aliphatic heterocycles. The Labute approximate surface area is 243 Å². The van der Waals surface area contributed by atoms with Crippen LogP contribution in [-0.2, 0) is 19.0 Å². The highest BCUT2D eigenvalue weighted by Crippen LogP contribution is 2.29. The molecule has 0 saturated heterocycles. The second-order valence-electron chi connectivity index (χ2n) is 12.2. The Morgan fingerprint density at radius 3 is 2.38 bits per heavy atom. The third kappa shape index (κ3) is 9.49. The van der Waals surface area contributed by atoms with Crippen LogP contribution in [0.5, 0.6) is 0 Å². The zero-order valence-electron chi connectivity index (χ0n) is 26.5. The molecule has 0 aliphatic carbocycles. The number of carbonyl (C=O) groups excluding carboxylic acids is 1. The summed E-state index contributed by atoms with van der Waals surface area (Å²) in [6, 6.07) is 0. The van der Waals surface area contributed by atoms with Crippen molar-refractivity contribution in [2.75, 3.05) is 7.11 Å². The number of methoxy groups -OCH3 is 1. The Morgan fingerprint density at radius 2 is 1.75 bits per heavy atom. The molecular weight excluding hydrogens is 500 g/mol. The standard InChI is InChI=1S/C35H52O5/c1-21(2)33-24(5)15-16-30(39-33)25(6)20-28(9)34-31(38-11)14-12-13-22(3)17-26(7)32(36)27(8)18-23(4)19-29(10)35(37)40-34/h12-16,18-21,26-28,31-34,36H,17H2,1-11H3/b14-12?,22-13?,23-18?,25-20+,29-19?/t26-,27+,28-,31-,32-,33?,34+/m0/s1. The number of hydrogen-bond acceptors (Lipinski definition) is 5. The second kappa shape index (κ2) is 15.4. The van der Waals surface area contributed by atoms with E-state index in [1.54, 1.807) is 14.0 Å². The Balaban J connectivity index is 2.47. The van der Waals surface area contributed by atoms with Crippen molar-refractivity contribution in [1.29, 1.82) is 0 Å². The molecule has 2 aliphatic rings. The first kappa shape index (κ1) is 33.6. The van der Waals surface area contributed by atoms with E-state index >= 15 is 0 Å². The molecule has 222 valence electrons. The highest BCUT2D eigenvalue weighted by molar-refractivity contribution is 5.88. The summed E-state index contributed by atoms with van der Waals surface area (Å²) in [6.07, 6.45) is 15.4. The van der Waals surface area contributed by atoms with Crippen molar-refractivity contribution in [3.63, 3.8) is 0 Å². The maximum absolute atomic E-state index is 13.3. The van der Waals surface area contributed by atoms with Crippen molar-refractivity contribution >= 4 is 5.97 Å². The molecule has 0 spiro atoms. The summed E-state index contributed by atoms with van der Waals surface area (Å²) in [6.45, 7) is 20.4. The Bertz CT molecular complexity index is 1100. The van der Waals surface area contributed by atoms with Gasteiger partial charge >= 0.3 is 5.97 Å². The van der Waals surface area contributed by atoms with Gasteiger partial charge in [0.05, 0.1) is 6.10 Å². The van der Waals surface area contributed by atoms with Gasteiger partial charge in [0.2, 0.25) is 0 Å². The highest BCUT2D eigenvalue weighted by atomic mass is 16.6. The average Bonchev–Trinajstić information content (AvgIpc) is 2.88. The van der Waals surface area contributed by atoms with Crippen LogP contribution >= 0.6 is 0 Å². The van der Waals surface area contributed by atoms with Crippen LogP contribution in [0.1, 0.15) is 75.7 Å². The summed E-state index contributed by atoms with van der Waals surface area (Å²) in [4.78, 5) is 13.3. The molecule has 0 aromatic heterocycles. The van der Waals surface area contributed by atoms with E-state index in [1.165, 1.54) is 5.57 Å². The van der Waals surface area contributed by atoms with Gasteiger partial charge in [0, 0.05) is 24.5 Å². The van der Waals surface area contributed by atoms with E-state index in [9.17, 15) is 9.90 Å². The average molecular weight is 553 g/mol. The Hall–Kier alpha value is -2.63. The van der Waals surface area contributed by atoms with Gasteiger partial charge in [-0.05, 0) is 76.2 Å². The monoisotopic (exact) mass is 552 g/mol. The highest BCUT2D eigenvalue weighted by Gasteiger charge is 2.30. The molecule has 40 heavy (non-hydrogen) atoms. The summed E-state index contributed by atoms with van der Waals surface area (Å²) in [7, 11) is 1.64. The summed E-state index contributed by atoms with van der Waals surface area (Å²) < 4.78 is 18.3. The van der Waals surface area contributed by atoms with E-state index in [2.05, 4.69) is 46.8 Å². The molecule has 0 radical (unpaired) electrons. The first-order valence-electron chi connectivity index (χ1n) is 14.6. The minimum Gasteiger partial charge on any atom is -0.486 e. The zero-order chi connectivity index (χ0) is 30.1. The zero-order valence-corrected chi connectivity index (χ0v) is 26.5. The van der Waals surface area contributed by atoms with Gasteiger partial charge in [-0.1, -0.05) is 82.2 Å². The number of allylic oxidation sites excluding steroid dienone is 8. The molecule has 0 saturated carbocycles. The van der Waals surface area contributed by atoms with Crippen LogP contribution in [0.15, 0.2) is 82.2 Å². The van der Waals surface area contributed by atoms with Crippen molar-refractivity contribution in [2.24, 2.45) is 23.7 Å². The van der Waals surface area contributed by atoms with E-state index in [0.717, 1.165) is 28.9 Å². The molecule has 0 fully saturated rings. The Kier molecular flexibility index (Phi) is 12.9. The summed E-state index contributed by atoms with van der Waals surface area (Å²) in [5.74, 6) is 0.696. The van der Waals surface area contributed by atoms with Gasteiger partial charge in [-0.3, -0.25) is 0 Å². The number of ether oxygens (including phenoxy) is 3. The molecule has 0 aromatic rings. The first-order chi connectivity index (χ1) is 18.7. The van der Waals surface area contributed by atoms with E-state index in [-0.39, 0.29) is 23.9 Å². The van der Waals surface area contributed by atoms with E-state index in [4.69, 9.17) is 14.2 Å². The summed E-state index contributed by atoms with van der Waals surface area (Å²) in [5.41, 5.74) is 4.79. The maximum Gasteiger partial charge on any atom is 0.334 e. The van der Waals surface area contributed by atoms with Crippen molar-refractivity contribution in [3.8, 4) is 0 Å². The van der Waals surface area contributed by atoms with Crippen molar-refractivity contribution in [2.45, 2.75) is 100 Å². The first-order valence-corrected chi connectivity index (χ1v) is 14.6. The topological polar surface area (TPSA) is 65.0 Å². The Morgan fingerprint density at radius 1 is 1.07 bits per heavy atom. The maximum atomic E-state index is 13.3. The number of cyclic esters (lactones) is 1. The molecule has 0 bridgehead atoms.